The summed E-state index contributed by atoms with van der Waals surface area (Å²) in [6.45, 7) is 1.33. The molecule has 1 amide bonds. The van der Waals surface area contributed by atoms with Gasteiger partial charge in [0.15, 0.2) is 0 Å². The maximum atomic E-state index is 12.5. The molecule has 19 heavy (non-hydrogen) atoms. The molecule has 1 saturated heterocycles. The van der Waals surface area contributed by atoms with E-state index in [0.29, 0.717) is 34.0 Å². The van der Waals surface area contributed by atoms with E-state index >= 15 is 0 Å². The van der Waals surface area contributed by atoms with Crippen molar-refractivity contribution in [1.82, 2.24) is 4.90 Å². The molecule has 3 nitrogen and oxygen atoms in total. The van der Waals surface area contributed by atoms with Crippen LogP contribution in [0.1, 0.15) is 23.2 Å². The predicted molar refractivity (Wildman–Crippen MR) is 76.6 cm³/mol. The summed E-state index contributed by atoms with van der Waals surface area (Å²) in [5.74, 6) is 1.04. The zero-order valence-corrected chi connectivity index (χ0v) is 12.0. The second-order valence-electron chi connectivity index (χ2n) is 5.47. The molecule has 1 heterocycles. The maximum Gasteiger partial charge on any atom is 0.256 e. The van der Waals surface area contributed by atoms with E-state index in [1.807, 2.05) is 0 Å². The smallest absolute Gasteiger partial charge is 0.256 e. The van der Waals surface area contributed by atoms with Crippen LogP contribution in [0.15, 0.2) is 18.2 Å². The lowest BCUT2D eigenvalue weighted by molar-refractivity contribution is 0.0785. The first-order valence-corrected chi connectivity index (χ1v) is 7.32. The topological polar surface area (TPSA) is 46.3 Å². The standard InChI is InChI=1S/C14H16Cl2N2O/c15-10-2-1-3-11(16)13(10)14(19)18-6-9(8-4-5-8)12(17)7-18/h1-3,8-9,12H,4-7,17H2/t9-,12+/m1/s1. The number of carbonyl (C=O) groups excluding carboxylic acids is 1. The molecule has 1 aliphatic heterocycles. The van der Waals surface area contributed by atoms with Gasteiger partial charge in [-0.2, -0.15) is 0 Å². The highest BCUT2D eigenvalue weighted by atomic mass is 35.5. The maximum absolute atomic E-state index is 12.5. The molecule has 0 spiro atoms. The normalized spacial score (nSPS) is 26.8. The van der Waals surface area contributed by atoms with Gasteiger partial charge in [-0.05, 0) is 36.8 Å². The van der Waals surface area contributed by atoms with Gasteiger partial charge >= 0.3 is 0 Å². The molecule has 1 saturated carbocycles. The number of benzene rings is 1. The van der Waals surface area contributed by atoms with Gasteiger partial charge in [0.05, 0.1) is 15.6 Å². The second-order valence-corrected chi connectivity index (χ2v) is 6.29. The molecule has 0 unspecified atom stereocenters. The molecular formula is C14H16Cl2N2O. The Morgan fingerprint density at radius 2 is 1.84 bits per heavy atom. The average molecular weight is 299 g/mol. The lowest BCUT2D eigenvalue weighted by Crippen LogP contribution is -2.32. The van der Waals surface area contributed by atoms with Crippen molar-refractivity contribution < 1.29 is 4.79 Å². The Morgan fingerprint density at radius 1 is 1.21 bits per heavy atom. The van der Waals surface area contributed by atoms with Crippen LogP contribution >= 0.6 is 23.2 Å². The van der Waals surface area contributed by atoms with E-state index in [1.54, 1.807) is 23.1 Å². The molecule has 1 aliphatic carbocycles. The minimum Gasteiger partial charge on any atom is -0.337 e. The van der Waals surface area contributed by atoms with Crippen molar-refractivity contribution in [2.45, 2.75) is 18.9 Å². The number of nitrogens with two attached hydrogens (primary N) is 1. The van der Waals surface area contributed by atoms with Crippen LogP contribution in [0.3, 0.4) is 0 Å². The lowest BCUT2D eigenvalue weighted by Gasteiger charge is -2.17. The number of hydrogen-bond acceptors (Lipinski definition) is 2. The molecule has 0 aromatic heterocycles. The Bertz CT molecular complexity index is 496. The van der Waals surface area contributed by atoms with E-state index in [0.717, 1.165) is 6.54 Å². The van der Waals surface area contributed by atoms with Crippen LogP contribution in [0, 0.1) is 11.8 Å². The fourth-order valence-electron chi connectivity index (χ4n) is 2.90. The van der Waals surface area contributed by atoms with Crippen LogP contribution in [-0.2, 0) is 0 Å². The summed E-state index contributed by atoms with van der Waals surface area (Å²) in [7, 11) is 0. The third kappa shape index (κ3) is 2.47. The zero-order chi connectivity index (χ0) is 13.6. The number of halogens is 2. The summed E-state index contributed by atoms with van der Waals surface area (Å²) >= 11 is 12.2. The number of amides is 1. The average Bonchev–Trinajstić information content (AvgIpc) is 3.12. The first-order chi connectivity index (χ1) is 9.08. The molecule has 2 aliphatic rings. The molecule has 2 N–H and O–H groups in total. The van der Waals surface area contributed by atoms with Crippen LogP contribution in [0.4, 0.5) is 0 Å². The lowest BCUT2D eigenvalue weighted by atomic mass is 9.99. The summed E-state index contributed by atoms with van der Waals surface area (Å²) in [5.41, 5.74) is 6.54. The molecule has 3 rings (SSSR count). The molecule has 0 radical (unpaired) electrons. The molecule has 5 heteroatoms. The number of carbonyl (C=O) groups is 1. The summed E-state index contributed by atoms with van der Waals surface area (Å²) in [6, 6.07) is 5.20. The SMILES string of the molecule is N[C@H]1CN(C(=O)c2c(Cl)cccc2Cl)C[C@@H]1C1CC1. The van der Waals surface area contributed by atoms with E-state index in [-0.39, 0.29) is 11.9 Å². The molecule has 1 aromatic carbocycles. The fraction of sp³-hybridized carbons (Fsp3) is 0.500. The number of hydrogen-bond donors (Lipinski definition) is 1. The monoisotopic (exact) mass is 298 g/mol. The summed E-state index contributed by atoms with van der Waals surface area (Å²) in [5, 5.41) is 0.807. The van der Waals surface area contributed by atoms with Gasteiger partial charge in [-0.15, -0.1) is 0 Å². The first-order valence-electron chi connectivity index (χ1n) is 6.57. The summed E-state index contributed by atoms with van der Waals surface area (Å²) < 4.78 is 0. The third-order valence-corrected chi connectivity index (χ3v) is 4.73. The van der Waals surface area contributed by atoms with Gasteiger partial charge in [0.25, 0.3) is 5.91 Å². The van der Waals surface area contributed by atoms with Crippen LogP contribution in [0.5, 0.6) is 0 Å². The van der Waals surface area contributed by atoms with Crippen molar-refractivity contribution in [3.8, 4) is 0 Å². The fourth-order valence-corrected chi connectivity index (χ4v) is 3.46. The van der Waals surface area contributed by atoms with Gasteiger partial charge in [-0.25, -0.2) is 0 Å². The first kappa shape index (κ1) is 13.2. The van der Waals surface area contributed by atoms with Crippen LogP contribution in [0.2, 0.25) is 10.0 Å². The number of rotatable bonds is 2. The highest BCUT2D eigenvalue weighted by Crippen LogP contribution is 2.41. The van der Waals surface area contributed by atoms with Crippen molar-refractivity contribution in [2.24, 2.45) is 17.6 Å². The minimum atomic E-state index is -0.103. The molecule has 1 aromatic rings. The Hall–Kier alpha value is -0.770. The van der Waals surface area contributed by atoms with Gasteiger partial charge in [0, 0.05) is 19.1 Å². The van der Waals surface area contributed by atoms with E-state index in [9.17, 15) is 4.79 Å². The van der Waals surface area contributed by atoms with Crippen LogP contribution in [-0.4, -0.2) is 29.9 Å². The quantitative estimate of drug-likeness (QED) is 0.912. The number of likely N-dealkylation sites (tertiary alicyclic amines) is 1. The van der Waals surface area contributed by atoms with E-state index in [4.69, 9.17) is 28.9 Å². The molecule has 2 fully saturated rings. The highest BCUT2D eigenvalue weighted by Gasteiger charge is 2.42. The minimum absolute atomic E-state index is 0.0812. The Kier molecular flexibility index (Phi) is 3.46. The van der Waals surface area contributed by atoms with E-state index < -0.39 is 0 Å². The highest BCUT2D eigenvalue weighted by molar-refractivity contribution is 6.39. The van der Waals surface area contributed by atoms with E-state index in [2.05, 4.69) is 0 Å². The zero-order valence-electron chi connectivity index (χ0n) is 10.5. The predicted octanol–water partition coefficient (Wildman–Crippen LogP) is 2.80. The Morgan fingerprint density at radius 3 is 2.42 bits per heavy atom. The van der Waals surface area contributed by atoms with Crippen molar-refractivity contribution in [3.63, 3.8) is 0 Å². The molecule has 2 atom stereocenters. The van der Waals surface area contributed by atoms with Gasteiger partial charge in [0.2, 0.25) is 0 Å². The molecule has 102 valence electrons. The Labute approximate surface area is 122 Å². The molecule has 0 bridgehead atoms. The van der Waals surface area contributed by atoms with Gasteiger partial charge < -0.3 is 10.6 Å². The Balaban J connectivity index is 1.81. The van der Waals surface area contributed by atoms with Crippen LogP contribution in [0.25, 0.3) is 0 Å². The van der Waals surface area contributed by atoms with Gasteiger partial charge in [-0.3, -0.25) is 4.79 Å². The third-order valence-electron chi connectivity index (χ3n) is 4.10. The van der Waals surface area contributed by atoms with Gasteiger partial charge in [0.1, 0.15) is 0 Å². The summed E-state index contributed by atoms with van der Waals surface area (Å²) in [4.78, 5) is 14.3. The molecular weight excluding hydrogens is 283 g/mol. The largest absolute Gasteiger partial charge is 0.337 e. The van der Waals surface area contributed by atoms with Crippen molar-refractivity contribution >= 4 is 29.1 Å². The second kappa shape index (κ2) is 4.97. The van der Waals surface area contributed by atoms with E-state index in [1.165, 1.54) is 12.8 Å². The number of nitrogens with zero attached hydrogens (tertiary/aromatic N) is 1. The van der Waals surface area contributed by atoms with Crippen molar-refractivity contribution in [3.05, 3.63) is 33.8 Å². The summed E-state index contributed by atoms with van der Waals surface area (Å²) in [6.07, 6.45) is 2.49. The van der Waals surface area contributed by atoms with Gasteiger partial charge in [-0.1, -0.05) is 29.3 Å². The van der Waals surface area contributed by atoms with Crippen LogP contribution < -0.4 is 5.73 Å². The van der Waals surface area contributed by atoms with Crippen molar-refractivity contribution in [1.29, 1.82) is 0 Å². The van der Waals surface area contributed by atoms with Crippen molar-refractivity contribution in [2.75, 3.05) is 13.1 Å².